The van der Waals surface area contributed by atoms with Crippen molar-refractivity contribution in [2.75, 3.05) is 35.3 Å². The molecule has 0 unspecified atom stereocenters. The molecule has 0 bridgehead atoms. The third kappa shape index (κ3) is 5.32. The molecule has 28 heavy (non-hydrogen) atoms. The first-order valence-electron chi connectivity index (χ1n) is 8.79. The first-order valence-corrected chi connectivity index (χ1v) is 11.7. The van der Waals surface area contributed by atoms with Gasteiger partial charge < -0.3 is 14.8 Å². The van der Waals surface area contributed by atoms with Gasteiger partial charge in [0.05, 0.1) is 18.1 Å². The van der Waals surface area contributed by atoms with Crippen LogP contribution in [0.3, 0.4) is 0 Å². The third-order valence-electron chi connectivity index (χ3n) is 3.98. The number of nitrogens with one attached hydrogen (secondary N) is 2. The molecule has 1 heterocycles. The van der Waals surface area contributed by atoms with E-state index in [1.165, 1.54) is 12.1 Å². The first kappa shape index (κ1) is 20.3. The Balaban J connectivity index is 1.69. The van der Waals surface area contributed by atoms with Crippen LogP contribution in [0.4, 0.5) is 11.4 Å². The number of sulfonamides is 1. The molecule has 1 aliphatic heterocycles. The Hall–Kier alpha value is -2.39. The summed E-state index contributed by atoms with van der Waals surface area (Å²) in [5, 5.41) is 2.78. The van der Waals surface area contributed by atoms with Crippen molar-refractivity contribution in [2.45, 2.75) is 17.7 Å². The molecule has 0 atom stereocenters. The Morgan fingerprint density at radius 2 is 1.71 bits per heavy atom. The number of benzene rings is 2. The summed E-state index contributed by atoms with van der Waals surface area (Å²) in [4.78, 5) is 11.8. The van der Waals surface area contributed by atoms with E-state index in [0.717, 1.165) is 12.2 Å². The van der Waals surface area contributed by atoms with Crippen molar-refractivity contribution >= 4 is 39.1 Å². The molecule has 1 aliphatic rings. The average molecular weight is 423 g/mol. The molecule has 9 heteroatoms. The minimum absolute atomic E-state index is 0.0742. The van der Waals surface area contributed by atoms with Crippen molar-refractivity contribution in [3.05, 3.63) is 42.5 Å². The maximum Gasteiger partial charge on any atom is 0.262 e. The molecular weight excluding hydrogens is 400 g/mol. The van der Waals surface area contributed by atoms with Crippen LogP contribution in [-0.4, -0.2) is 39.5 Å². The minimum atomic E-state index is -3.78. The van der Waals surface area contributed by atoms with E-state index in [-0.39, 0.29) is 10.8 Å². The minimum Gasteiger partial charge on any atom is -0.490 e. The summed E-state index contributed by atoms with van der Waals surface area (Å²) in [5.41, 5.74) is 1.01. The summed E-state index contributed by atoms with van der Waals surface area (Å²) in [6.07, 6.45) is 3.12. The van der Waals surface area contributed by atoms with E-state index < -0.39 is 10.0 Å². The van der Waals surface area contributed by atoms with Crippen LogP contribution in [0.5, 0.6) is 11.5 Å². The highest BCUT2D eigenvalue weighted by Crippen LogP contribution is 2.32. The van der Waals surface area contributed by atoms with Gasteiger partial charge >= 0.3 is 0 Å². The van der Waals surface area contributed by atoms with E-state index in [2.05, 4.69) is 10.0 Å². The number of anilines is 2. The molecule has 0 aromatic heterocycles. The summed E-state index contributed by atoms with van der Waals surface area (Å²) in [7, 11) is -3.78. The number of hydrogen-bond acceptors (Lipinski definition) is 6. The molecular formula is C19H22N2O5S2. The van der Waals surface area contributed by atoms with Crippen LogP contribution in [-0.2, 0) is 14.8 Å². The molecule has 3 rings (SSSR count). The Morgan fingerprint density at radius 1 is 1.04 bits per heavy atom. The molecule has 150 valence electrons. The van der Waals surface area contributed by atoms with Crippen LogP contribution >= 0.6 is 11.8 Å². The first-order chi connectivity index (χ1) is 13.5. The summed E-state index contributed by atoms with van der Waals surface area (Å²) >= 11 is 1.60. The molecule has 2 aromatic carbocycles. The summed E-state index contributed by atoms with van der Waals surface area (Å²) < 4.78 is 39.0. The van der Waals surface area contributed by atoms with Crippen LogP contribution in [0, 0.1) is 0 Å². The predicted octanol–water partition coefficient (Wildman–Crippen LogP) is 3.34. The Kier molecular flexibility index (Phi) is 6.69. The Morgan fingerprint density at radius 3 is 2.43 bits per heavy atom. The van der Waals surface area contributed by atoms with Crippen LogP contribution in [0.2, 0.25) is 0 Å². The fraction of sp³-hybridized carbons (Fsp3) is 0.316. The van der Waals surface area contributed by atoms with Crippen molar-refractivity contribution in [3.63, 3.8) is 0 Å². The third-order valence-corrected chi connectivity index (χ3v) is 5.97. The van der Waals surface area contributed by atoms with Crippen molar-refractivity contribution in [1.82, 2.24) is 0 Å². The van der Waals surface area contributed by atoms with E-state index in [0.29, 0.717) is 42.5 Å². The molecule has 7 nitrogen and oxygen atoms in total. The van der Waals surface area contributed by atoms with Gasteiger partial charge in [-0.2, -0.15) is 11.8 Å². The number of amides is 1. The number of thioether (sulfide) groups is 1. The number of rotatable bonds is 7. The standard InChI is InChI=1S/C19H22N2O5S2/c1-27-12-9-19(22)20-14-3-5-15(6-4-14)21-28(23,24)16-7-8-17-18(13-16)26-11-2-10-25-17/h3-8,13,21H,2,9-12H2,1H3,(H,20,22). The van der Waals surface area contributed by atoms with Crippen molar-refractivity contribution in [3.8, 4) is 11.5 Å². The van der Waals surface area contributed by atoms with E-state index in [1.807, 2.05) is 6.26 Å². The quantitative estimate of drug-likeness (QED) is 0.711. The predicted molar refractivity (Wildman–Crippen MR) is 111 cm³/mol. The summed E-state index contributed by atoms with van der Waals surface area (Å²) in [6.45, 7) is 1.02. The molecule has 2 aromatic rings. The Bertz CT molecular complexity index is 930. The topological polar surface area (TPSA) is 93.7 Å². The fourth-order valence-corrected chi connectivity index (χ4v) is 4.03. The lowest BCUT2D eigenvalue weighted by atomic mass is 10.3. The second-order valence-electron chi connectivity index (χ2n) is 6.13. The molecule has 1 amide bonds. The molecule has 0 radical (unpaired) electrons. The van der Waals surface area contributed by atoms with Gasteiger partial charge in [0.25, 0.3) is 10.0 Å². The molecule has 0 aliphatic carbocycles. The number of ether oxygens (including phenoxy) is 2. The van der Waals surface area contributed by atoms with Gasteiger partial charge in [0.2, 0.25) is 5.91 Å². The summed E-state index contributed by atoms with van der Waals surface area (Å²) in [5.74, 6) is 1.63. The van der Waals surface area contributed by atoms with Gasteiger partial charge in [-0.05, 0) is 42.7 Å². The second-order valence-corrected chi connectivity index (χ2v) is 8.80. The zero-order valence-electron chi connectivity index (χ0n) is 15.4. The lowest BCUT2D eigenvalue weighted by molar-refractivity contribution is -0.115. The van der Waals surface area contributed by atoms with Crippen molar-refractivity contribution in [2.24, 2.45) is 0 Å². The van der Waals surface area contributed by atoms with Gasteiger partial charge in [0.1, 0.15) is 0 Å². The van der Waals surface area contributed by atoms with Crippen LogP contribution < -0.4 is 19.5 Å². The van der Waals surface area contributed by atoms with Crippen molar-refractivity contribution in [1.29, 1.82) is 0 Å². The van der Waals surface area contributed by atoms with Gasteiger partial charge in [-0.3, -0.25) is 9.52 Å². The lowest BCUT2D eigenvalue weighted by Gasteiger charge is -2.12. The number of fused-ring (bicyclic) bond motifs is 1. The molecule has 0 saturated heterocycles. The van der Waals surface area contributed by atoms with E-state index in [4.69, 9.17) is 9.47 Å². The van der Waals surface area contributed by atoms with Gasteiger partial charge in [-0.15, -0.1) is 0 Å². The monoisotopic (exact) mass is 422 g/mol. The molecule has 0 saturated carbocycles. The highest BCUT2D eigenvalue weighted by molar-refractivity contribution is 7.98. The van der Waals surface area contributed by atoms with E-state index in [1.54, 1.807) is 42.1 Å². The number of carbonyl (C=O) groups is 1. The molecule has 0 fully saturated rings. The largest absolute Gasteiger partial charge is 0.490 e. The van der Waals surface area contributed by atoms with Crippen molar-refractivity contribution < 1.29 is 22.7 Å². The fourth-order valence-electron chi connectivity index (χ4n) is 2.56. The summed E-state index contributed by atoms with van der Waals surface area (Å²) in [6, 6.07) is 11.1. The second kappa shape index (κ2) is 9.20. The maximum atomic E-state index is 12.7. The van der Waals surface area contributed by atoms with Crippen LogP contribution in [0.15, 0.2) is 47.4 Å². The van der Waals surface area contributed by atoms with Gasteiger partial charge in [0.15, 0.2) is 11.5 Å². The Labute approximate surface area is 168 Å². The van der Waals surface area contributed by atoms with Crippen LogP contribution in [0.1, 0.15) is 12.8 Å². The van der Waals surface area contributed by atoms with Gasteiger partial charge in [-0.25, -0.2) is 8.42 Å². The van der Waals surface area contributed by atoms with E-state index >= 15 is 0 Å². The SMILES string of the molecule is CSCCC(=O)Nc1ccc(NS(=O)(=O)c2ccc3c(c2)OCCCO3)cc1. The highest BCUT2D eigenvalue weighted by atomic mass is 32.2. The lowest BCUT2D eigenvalue weighted by Crippen LogP contribution is -2.14. The van der Waals surface area contributed by atoms with E-state index in [9.17, 15) is 13.2 Å². The average Bonchev–Trinajstić information content (AvgIpc) is 2.92. The van der Waals surface area contributed by atoms with Gasteiger partial charge in [-0.1, -0.05) is 0 Å². The molecule has 2 N–H and O–H groups in total. The maximum absolute atomic E-state index is 12.7. The zero-order chi connectivity index (χ0) is 20.0. The molecule has 0 spiro atoms. The van der Waals surface area contributed by atoms with Gasteiger partial charge in [0, 0.05) is 36.0 Å². The smallest absolute Gasteiger partial charge is 0.262 e. The highest BCUT2D eigenvalue weighted by Gasteiger charge is 2.19. The number of hydrogen-bond donors (Lipinski definition) is 2. The zero-order valence-corrected chi connectivity index (χ0v) is 17.1. The van der Waals surface area contributed by atoms with Crippen LogP contribution in [0.25, 0.3) is 0 Å². The number of carbonyl (C=O) groups excluding carboxylic acids is 1. The normalized spacial score (nSPS) is 13.5.